The number of nitriles is 1. The molecule has 0 radical (unpaired) electrons. The Morgan fingerprint density at radius 2 is 1.81 bits per heavy atom. The van der Waals surface area contributed by atoms with E-state index in [0.717, 1.165) is 5.56 Å². The number of halogens is 2. The lowest BCUT2D eigenvalue weighted by Gasteiger charge is -2.37. The molecule has 1 amide bonds. The molecule has 1 aliphatic rings. The number of benzene rings is 1. The van der Waals surface area contributed by atoms with E-state index in [1.165, 1.54) is 6.20 Å². The summed E-state index contributed by atoms with van der Waals surface area (Å²) in [6, 6.07) is 9.31. The number of amides is 1. The second-order valence-electron chi connectivity index (χ2n) is 7.57. The van der Waals surface area contributed by atoms with Crippen molar-refractivity contribution in [3.63, 3.8) is 0 Å². The van der Waals surface area contributed by atoms with Gasteiger partial charge >= 0.3 is 0 Å². The summed E-state index contributed by atoms with van der Waals surface area (Å²) in [6.45, 7) is 6.80. The van der Waals surface area contributed by atoms with Crippen LogP contribution in [0.2, 0.25) is 10.2 Å². The van der Waals surface area contributed by atoms with E-state index in [1.54, 1.807) is 12.1 Å². The van der Waals surface area contributed by atoms with Gasteiger partial charge in [-0.2, -0.15) is 5.26 Å². The van der Waals surface area contributed by atoms with Crippen LogP contribution in [0.4, 0.5) is 0 Å². The first-order valence-electron chi connectivity index (χ1n) is 10.6. The number of piperidine rings is 1. The van der Waals surface area contributed by atoms with Crippen molar-refractivity contribution in [3.05, 3.63) is 51.8 Å². The Labute approximate surface area is 198 Å². The molecule has 0 atom stereocenters. The van der Waals surface area contributed by atoms with Gasteiger partial charge in [0.15, 0.2) is 0 Å². The molecule has 9 heteroatoms. The number of aromatic nitrogens is 1. The fourth-order valence-corrected chi connectivity index (χ4v) is 3.98. The highest BCUT2D eigenvalue weighted by Gasteiger charge is 2.36. The van der Waals surface area contributed by atoms with E-state index < -0.39 is 5.54 Å². The molecule has 0 unspecified atom stereocenters. The molecule has 0 spiro atoms. The molecule has 1 saturated heterocycles. The predicted octanol–water partition coefficient (Wildman–Crippen LogP) is 4.47. The van der Waals surface area contributed by atoms with Crippen molar-refractivity contribution < 1.29 is 14.3 Å². The molecule has 1 aliphatic heterocycles. The fourth-order valence-electron chi connectivity index (χ4n) is 3.65. The highest BCUT2D eigenvalue weighted by molar-refractivity contribution is 6.33. The zero-order chi connectivity index (χ0) is 23.1. The van der Waals surface area contributed by atoms with Gasteiger partial charge in [0.05, 0.1) is 24.8 Å². The number of hydrogen-bond acceptors (Lipinski definition) is 6. The Morgan fingerprint density at radius 1 is 1.19 bits per heavy atom. The average molecular weight is 477 g/mol. The normalized spacial score (nSPS) is 15.6. The molecule has 170 valence electrons. The summed E-state index contributed by atoms with van der Waals surface area (Å²) in [4.78, 5) is 18.8. The molecule has 1 fully saturated rings. The van der Waals surface area contributed by atoms with Gasteiger partial charge in [0.2, 0.25) is 0 Å². The van der Waals surface area contributed by atoms with E-state index in [4.69, 9.17) is 32.7 Å². The van der Waals surface area contributed by atoms with Crippen molar-refractivity contribution in [2.75, 3.05) is 26.3 Å². The molecule has 0 saturated carbocycles. The molecule has 1 aromatic carbocycles. The maximum Gasteiger partial charge on any atom is 0.254 e. The van der Waals surface area contributed by atoms with E-state index in [0.29, 0.717) is 72.9 Å². The predicted molar refractivity (Wildman–Crippen MR) is 123 cm³/mol. The van der Waals surface area contributed by atoms with Crippen LogP contribution >= 0.6 is 23.2 Å². The average Bonchev–Trinajstić information content (AvgIpc) is 2.79. The summed E-state index contributed by atoms with van der Waals surface area (Å²) in [7, 11) is 0. The zero-order valence-corrected chi connectivity index (χ0v) is 19.7. The standard InChI is InChI=1S/C23H26Cl2N4O3/c1-3-31-18-11-16(12-19(21(18)25)32-4-2)14-29-9-7-23(15-26,8-10-29)28-22(30)17-5-6-20(24)27-13-17/h5-6,11-13H,3-4,7-10,14H2,1-2H3,(H,28,30). The minimum absolute atomic E-state index is 0.312. The molecule has 3 rings (SSSR count). The maximum atomic E-state index is 12.6. The fraction of sp³-hybridized carbons (Fsp3) is 0.435. The minimum Gasteiger partial charge on any atom is -0.492 e. The third-order valence-corrected chi connectivity index (χ3v) is 5.93. The van der Waals surface area contributed by atoms with Gasteiger partial charge < -0.3 is 14.8 Å². The molecule has 2 heterocycles. The van der Waals surface area contributed by atoms with E-state index in [2.05, 4.69) is 21.3 Å². The lowest BCUT2D eigenvalue weighted by Crippen LogP contribution is -2.54. The van der Waals surface area contributed by atoms with Crippen LogP contribution in [0.15, 0.2) is 30.5 Å². The highest BCUT2D eigenvalue weighted by Crippen LogP contribution is 2.36. The maximum absolute atomic E-state index is 12.6. The molecular weight excluding hydrogens is 451 g/mol. The molecule has 0 aliphatic carbocycles. The number of carbonyl (C=O) groups is 1. The van der Waals surface area contributed by atoms with Crippen LogP contribution < -0.4 is 14.8 Å². The van der Waals surface area contributed by atoms with Gasteiger partial charge in [0, 0.05) is 25.8 Å². The first-order chi connectivity index (χ1) is 15.4. The third kappa shape index (κ3) is 5.83. The molecule has 1 N–H and O–H groups in total. The number of nitrogens with zero attached hydrogens (tertiary/aromatic N) is 3. The van der Waals surface area contributed by atoms with Crippen LogP contribution in [0, 0.1) is 11.3 Å². The summed E-state index contributed by atoms with van der Waals surface area (Å²) in [5.41, 5.74) is 0.474. The summed E-state index contributed by atoms with van der Waals surface area (Å²) >= 11 is 12.2. The first-order valence-corrected chi connectivity index (χ1v) is 11.3. The van der Waals surface area contributed by atoms with Crippen LogP contribution in [0.1, 0.15) is 42.6 Å². The van der Waals surface area contributed by atoms with E-state index >= 15 is 0 Å². The monoisotopic (exact) mass is 476 g/mol. The van der Waals surface area contributed by atoms with Crippen molar-refractivity contribution in [1.29, 1.82) is 5.26 Å². The highest BCUT2D eigenvalue weighted by atomic mass is 35.5. The van der Waals surface area contributed by atoms with Crippen LogP contribution in [-0.4, -0.2) is 47.6 Å². The summed E-state index contributed by atoms with van der Waals surface area (Å²) < 4.78 is 11.3. The zero-order valence-electron chi connectivity index (χ0n) is 18.2. The number of nitrogens with one attached hydrogen (secondary N) is 1. The van der Waals surface area contributed by atoms with Crippen LogP contribution in [-0.2, 0) is 6.54 Å². The van der Waals surface area contributed by atoms with Crippen molar-refractivity contribution in [2.45, 2.75) is 38.8 Å². The lowest BCUT2D eigenvalue weighted by molar-refractivity contribution is 0.0865. The second-order valence-corrected chi connectivity index (χ2v) is 8.33. The Hall–Kier alpha value is -2.53. The Kier molecular flexibility index (Phi) is 8.19. The SMILES string of the molecule is CCOc1cc(CN2CCC(C#N)(NC(=O)c3ccc(Cl)nc3)CC2)cc(OCC)c1Cl. The molecule has 0 bridgehead atoms. The number of ether oxygens (including phenoxy) is 2. The topological polar surface area (TPSA) is 87.5 Å². The number of rotatable bonds is 8. The largest absolute Gasteiger partial charge is 0.492 e. The first kappa shape index (κ1) is 24.1. The molecule has 7 nitrogen and oxygen atoms in total. The van der Waals surface area contributed by atoms with Gasteiger partial charge in [-0.15, -0.1) is 0 Å². The second kappa shape index (κ2) is 10.9. The van der Waals surface area contributed by atoms with Crippen LogP contribution in [0.5, 0.6) is 11.5 Å². The Balaban J connectivity index is 1.66. The van der Waals surface area contributed by atoms with E-state index in [1.807, 2.05) is 26.0 Å². The number of likely N-dealkylation sites (tertiary alicyclic amines) is 1. The summed E-state index contributed by atoms with van der Waals surface area (Å²) in [5, 5.41) is 13.5. The summed E-state index contributed by atoms with van der Waals surface area (Å²) in [6.07, 6.45) is 2.44. The van der Waals surface area contributed by atoms with Crippen LogP contribution in [0.25, 0.3) is 0 Å². The van der Waals surface area contributed by atoms with Gasteiger partial charge in [0.25, 0.3) is 5.91 Å². The van der Waals surface area contributed by atoms with Crippen molar-refractivity contribution in [2.24, 2.45) is 0 Å². The van der Waals surface area contributed by atoms with Crippen LogP contribution in [0.3, 0.4) is 0 Å². The lowest BCUT2D eigenvalue weighted by atomic mass is 9.88. The number of hydrogen-bond donors (Lipinski definition) is 1. The molecule has 32 heavy (non-hydrogen) atoms. The van der Waals surface area contributed by atoms with Gasteiger partial charge in [0.1, 0.15) is 27.2 Å². The van der Waals surface area contributed by atoms with Gasteiger partial charge in [-0.1, -0.05) is 23.2 Å². The van der Waals surface area contributed by atoms with Gasteiger partial charge in [-0.25, -0.2) is 4.98 Å². The molecule has 1 aromatic heterocycles. The minimum atomic E-state index is -0.916. The summed E-state index contributed by atoms with van der Waals surface area (Å²) in [5.74, 6) is 0.870. The van der Waals surface area contributed by atoms with Gasteiger partial charge in [-0.05, 0) is 56.5 Å². The number of pyridine rings is 1. The van der Waals surface area contributed by atoms with Crippen molar-refractivity contribution in [3.8, 4) is 17.6 Å². The van der Waals surface area contributed by atoms with Crippen molar-refractivity contribution >= 4 is 29.1 Å². The Bertz CT molecular complexity index is 957. The van der Waals surface area contributed by atoms with Gasteiger partial charge in [-0.3, -0.25) is 9.69 Å². The van der Waals surface area contributed by atoms with E-state index in [-0.39, 0.29) is 5.91 Å². The smallest absolute Gasteiger partial charge is 0.254 e. The molecule has 2 aromatic rings. The third-order valence-electron chi connectivity index (χ3n) is 5.34. The Morgan fingerprint density at radius 3 is 2.31 bits per heavy atom. The van der Waals surface area contributed by atoms with Crippen molar-refractivity contribution in [1.82, 2.24) is 15.2 Å². The van der Waals surface area contributed by atoms with E-state index in [9.17, 15) is 10.1 Å². The quantitative estimate of drug-likeness (QED) is 0.565. The number of carbonyl (C=O) groups excluding carboxylic acids is 1. The molecular formula is C23H26Cl2N4O3.